The Morgan fingerprint density at radius 3 is 2.29 bits per heavy atom. The van der Waals surface area contributed by atoms with Gasteiger partial charge in [0.25, 0.3) is 11.8 Å². The van der Waals surface area contributed by atoms with Crippen LogP contribution in [-0.2, 0) is 14.4 Å². The molecular weight excluding hydrogens is 626 g/mol. The van der Waals surface area contributed by atoms with E-state index in [1.54, 1.807) is 55.5 Å². The van der Waals surface area contributed by atoms with Gasteiger partial charge in [0.15, 0.2) is 5.17 Å². The van der Waals surface area contributed by atoms with E-state index < -0.39 is 23.8 Å². The molecule has 1 aromatic heterocycles. The van der Waals surface area contributed by atoms with Crippen LogP contribution in [0.25, 0.3) is 17.4 Å². The predicted molar refractivity (Wildman–Crippen MR) is 187 cm³/mol. The third-order valence-electron chi connectivity index (χ3n) is 7.22. The molecule has 0 unspecified atom stereocenters. The van der Waals surface area contributed by atoms with Gasteiger partial charge in [-0.1, -0.05) is 109 Å². The number of carbonyl (C=O) groups is 4. The van der Waals surface area contributed by atoms with E-state index in [9.17, 15) is 24.3 Å². The minimum Gasteiger partial charge on any atom is -0.478 e. The molecule has 0 bridgehead atoms. The average molecular weight is 658 g/mol. The first kappa shape index (κ1) is 33.4. The highest BCUT2D eigenvalue weighted by Crippen LogP contribution is 2.29. The zero-order valence-electron chi connectivity index (χ0n) is 25.9. The normalized spacial score (nSPS) is 14.5. The van der Waals surface area contributed by atoms with E-state index in [0.717, 1.165) is 22.9 Å². The van der Waals surface area contributed by atoms with E-state index in [0.29, 0.717) is 17.0 Å². The highest BCUT2D eigenvalue weighted by molar-refractivity contribution is 8.14. The summed E-state index contributed by atoms with van der Waals surface area (Å²) in [4.78, 5) is 57.5. The summed E-state index contributed by atoms with van der Waals surface area (Å²) in [6.07, 6.45) is 7.83. The fraction of sp³-hybridized carbons (Fsp3) is 0.0789. The maximum absolute atomic E-state index is 13.9. The van der Waals surface area contributed by atoms with E-state index in [4.69, 9.17) is 4.42 Å². The summed E-state index contributed by atoms with van der Waals surface area (Å²) >= 11 is 0.967. The molecule has 0 spiro atoms. The van der Waals surface area contributed by atoms with Crippen LogP contribution in [0.1, 0.15) is 40.2 Å². The van der Waals surface area contributed by atoms with Gasteiger partial charge in [-0.05, 0) is 54.5 Å². The van der Waals surface area contributed by atoms with Crippen molar-refractivity contribution in [3.8, 4) is 11.3 Å². The number of nitrogens with zero attached hydrogens (tertiary/aromatic N) is 2. The number of nitrogens with one attached hydrogen (secondary N) is 1. The predicted octanol–water partition coefficient (Wildman–Crippen LogP) is 7.04. The van der Waals surface area contributed by atoms with Gasteiger partial charge in [-0.2, -0.15) is 4.99 Å². The topological polar surface area (TPSA) is 129 Å². The number of hydrogen-bond acceptors (Lipinski definition) is 6. The number of aliphatic imine (C=N–C) groups is 1. The van der Waals surface area contributed by atoms with Crippen LogP contribution in [0.2, 0.25) is 0 Å². The molecule has 3 amide bonds. The van der Waals surface area contributed by atoms with E-state index in [-0.39, 0.29) is 33.7 Å². The molecule has 0 saturated heterocycles. The monoisotopic (exact) mass is 657 g/mol. The van der Waals surface area contributed by atoms with Gasteiger partial charge in [-0.15, -0.1) is 0 Å². The van der Waals surface area contributed by atoms with E-state index >= 15 is 0 Å². The molecule has 2 N–H and O–H groups in total. The lowest BCUT2D eigenvalue weighted by molar-refractivity contribution is -0.126. The second kappa shape index (κ2) is 15.5. The Bertz CT molecular complexity index is 1940. The van der Waals surface area contributed by atoms with Gasteiger partial charge in [0.1, 0.15) is 17.1 Å². The quantitative estimate of drug-likeness (QED) is 0.101. The van der Waals surface area contributed by atoms with Crippen molar-refractivity contribution in [2.75, 3.05) is 5.75 Å². The van der Waals surface area contributed by atoms with E-state index in [2.05, 4.69) is 16.9 Å². The minimum atomic E-state index is -1.08. The van der Waals surface area contributed by atoms with Crippen LogP contribution in [-0.4, -0.2) is 44.6 Å². The molecule has 0 saturated carbocycles. The Kier molecular flexibility index (Phi) is 10.8. The molecule has 0 radical (unpaired) electrons. The standard InChI is InChI=1S/C38H31N3O6S/c1-3-5-19-29(4-2)41-36(44)31(23-30-20-21-32(47-30)27-17-12-18-28(22-27)37(45)46)35(43)40-38(41)48-24-33(42)39-34(25-13-8-6-9-14-25)26-15-10-7-11-16-26/h3-23,34H,1,24H2,2H3,(H,39,42)(H,45,46)/b19-5-,29-4+,31-23-. The zero-order valence-corrected chi connectivity index (χ0v) is 26.7. The molecule has 2 heterocycles. The summed E-state index contributed by atoms with van der Waals surface area (Å²) in [6.45, 7) is 5.43. The van der Waals surface area contributed by atoms with Crippen molar-refractivity contribution < 1.29 is 28.7 Å². The van der Waals surface area contributed by atoms with Crippen molar-refractivity contribution in [1.29, 1.82) is 0 Å². The number of furan rings is 1. The molecule has 1 aliphatic rings. The van der Waals surface area contributed by atoms with Crippen LogP contribution >= 0.6 is 11.8 Å². The van der Waals surface area contributed by atoms with Gasteiger partial charge < -0.3 is 14.8 Å². The van der Waals surface area contributed by atoms with Gasteiger partial charge >= 0.3 is 5.97 Å². The molecule has 48 heavy (non-hydrogen) atoms. The van der Waals surface area contributed by atoms with Crippen LogP contribution < -0.4 is 5.32 Å². The Labute approximate surface area is 281 Å². The number of rotatable bonds is 11. The highest BCUT2D eigenvalue weighted by atomic mass is 32.2. The second-order valence-corrected chi connectivity index (χ2v) is 11.3. The number of carbonyl (C=O) groups excluding carboxylic acids is 3. The number of amidine groups is 1. The fourth-order valence-corrected chi connectivity index (χ4v) is 5.73. The number of carboxylic acid groups (broad SMARTS) is 1. The van der Waals surface area contributed by atoms with Crippen LogP contribution in [0.3, 0.4) is 0 Å². The van der Waals surface area contributed by atoms with Crippen LogP contribution in [0.4, 0.5) is 0 Å². The van der Waals surface area contributed by atoms with Crippen molar-refractivity contribution in [2.24, 2.45) is 4.99 Å². The number of amides is 3. The van der Waals surface area contributed by atoms with Crippen LogP contribution in [0.15, 0.2) is 149 Å². The van der Waals surface area contributed by atoms with Crippen LogP contribution in [0.5, 0.6) is 0 Å². The first-order chi connectivity index (χ1) is 23.3. The van der Waals surface area contributed by atoms with Crippen molar-refractivity contribution in [1.82, 2.24) is 10.2 Å². The minimum absolute atomic E-state index is 0.0423. The molecule has 9 nitrogen and oxygen atoms in total. The van der Waals surface area contributed by atoms with Crippen LogP contribution in [0, 0.1) is 0 Å². The average Bonchev–Trinajstić information content (AvgIpc) is 3.59. The van der Waals surface area contributed by atoms with Gasteiger partial charge in [-0.3, -0.25) is 19.3 Å². The summed E-state index contributed by atoms with van der Waals surface area (Å²) in [5, 5.41) is 12.4. The second-order valence-electron chi connectivity index (χ2n) is 10.4. The third-order valence-corrected chi connectivity index (χ3v) is 8.16. The molecule has 0 aliphatic carbocycles. The van der Waals surface area contributed by atoms with Gasteiger partial charge in [-0.25, -0.2) is 4.79 Å². The number of thioether (sulfide) groups is 1. The molecule has 10 heteroatoms. The zero-order chi connectivity index (χ0) is 34.0. The largest absolute Gasteiger partial charge is 0.478 e. The maximum atomic E-state index is 13.9. The molecule has 240 valence electrons. The van der Waals surface area contributed by atoms with Crippen molar-refractivity contribution in [3.63, 3.8) is 0 Å². The number of aromatic carboxylic acids is 1. The molecule has 0 fully saturated rings. The Morgan fingerprint density at radius 2 is 1.67 bits per heavy atom. The number of allylic oxidation sites excluding steroid dienone is 4. The smallest absolute Gasteiger partial charge is 0.335 e. The van der Waals surface area contributed by atoms with Gasteiger partial charge in [0, 0.05) is 11.3 Å². The fourth-order valence-electron chi connectivity index (χ4n) is 4.93. The third kappa shape index (κ3) is 7.86. The van der Waals surface area contributed by atoms with Crippen molar-refractivity contribution in [3.05, 3.63) is 162 Å². The maximum Gasteiger partial charge on any atom is 0.335 e. The first-order valence-electron chi connectivity index (χ1n) is 14.9. The number of benzene rings is 3. The summed E-state index contributed by atoms with van der Waals surface area (Å²) in [5.74, 6) is -2.41. The molecule has 4 aromatic rings. The lowest BCUT2D eigenvalue weighted by atomic mass is 9.99. The summed E-state index contributed by atoms with van der Waals surface area (Å²) in [5.41, 5.74) is 2.59. The van der Waals surface area contributed by atoms with Gasteiger partial charge in [0.2, 0.25) is 5.91 Å². The van der Waals surface area contributed by atoms with Crippen molar-refractivity contribution >= 4 is 46.7 Å². The lowest BCUT2D eigenvalue weighted by Gasteiger charge is -2.28. The van der Waals surface area contributed by atoms with E-state index in [1.807, 2.05) is 60.7 Å². The molecular formula is C38H31N3O6S. The summed E-state index contributed by atoms with van der Waals surface area (Å²) in [6, 6.07) is 28.1. The highest BCUT2D eigenvalue weighted by Gasteiger charge is 2.35. The summed E-state index contributed by atoms with van der Waals surface area (Å²) < 4.78 is 5.87. The molecule has 3 aromatic carbocycles. The number of carboxylic acids is 1. The lowest BCUT2D eigenvalue weighted by Crippen LogP contribution is -2.42. The van der Waals surface area contributed by atoms with Gasteiger partial charge in [0.05, 0.1) is 17.4 Å². The van der Waals surface area contributed by atoms with Crippen molar-refractivity contribution in [2.45, 2.75) is 13.0 Å². The Hall–Kier alpha value is -6.00. The molecule has 1 aliphatic heterocycles. The molecule has 0 atom stereocenters. The SMILES string of the molecule is C=C/C=C\C(=C/C)N1C(=O)/C(=C\c2ccc(-c3cccc(C(=O)O)c3)o2)C(=O)N=C1SCC(=O)NC(c1ccccc1)c1ccccc1. The van der Waals surface area contributed by atoms with E-state index in [1.165, 1.54) is 23.1 Å². The Balaban J connectivity index is 1.41. The Morgan fingerprint density at radius 1 is 0.979 bits per heavy atom. The molecule has 5 rings (SSSR count). The number of hydrogen-bond donors (Lipinski definition) is 2. The summed E-state index contributed by atoms with van der Waals surface area (Å²) in [7, 11) is 0. The first-order valence-corrected chi connectivity index (χ1v) is 15.9.